The van der Waals surface area contributed by atoms with Crippen molar-refractivity contribution in [1.29, 1.82) is 0 Å². The molecule has 0 aliphatic carbocycles. The zero-order valence-electron chi connectivity index (χ0n) is 11.1. The molecule has 0 radical (unpaired) electrons. The van der Waals surface area contributed by atoms with Crippen molar-refractivity contribution < 1.29 is 9.90 Å². The molecule has 18 heavy (non-hydrogen) atoms. The van der Waals surface area contributed by atoms with Crippen LogP contribution >= 0.6 is 11.8 Å². The van der Waals surface area contributed by atoms with E-state index in [4.69, 9.17) is 5.11 Å². The zero-order chi connectivity index (χ0) is 13.5. The van der Waals surface area contributed by atoms with E-state index in [2.05, 4.69) is 5.32 Å². The monoisotopic (exact) mass is 267 g/mol. The first-order chi connectivity index (χ1) is 8.58. The molecule has 0 aliphatic rings. The van der Waals surface area contributed by atoms with E-state index in [1.165, 1.54) is 0 Å². The Labute approximate surface area is 113 Å². The molecule has 100 valence electrons. The number of hydrogen-bond donors (Lipinski definition) is 2. The molecule has 2 N–H and O–H groups in total. The van der Waals surface area contributed by atoms with Crippen molar-refractivity contribution in [3.63, 3.8) is 0 Å². The van der Waals surface area contributed by atoms with Gasteiger partial charge in [0.2, 0.25) is 0 Å². The number of hydrogen-bond acceptors (Lipinski definition) is 3. The third kappa shape index (κ3) is 4.35. The van der Waals surface area contributed by atoms with Crippen molar-refractivity contribution in [3.05, 3.63) is 35.4 Å². The van der Waals surface area contributed by atoms with Crippen LogP contribution in [-0.4, -0.2) is 29.9 Å². The van der Waals surface area contributed by atoms with Gasteiger partial charge in [-0.05, 0) is 36.8 Å². The number of carbonyl (C=O) groups excluding carboxylic acids is 1. The first-order valence-corrected chi connectivity index (χ1v) is 7.47. The molecule has 1 amide bonds. The summed E-state index contributed by atoms with van der Waals surface area (Å²) in [6, 6.07) is 7.62. The lowest BCUT2D eigenvalue weighted by Crippen LogP contribution is -2.38. The fraction of sp³-hybridized carbons (Fsp3) is 0.500. The Morgan fingerprint density at radius 1 is 1.44 bits per heavy atom. The van der Waals surface area contributed by atoms with Gasteiger partial charge in [0.15, 0.2) is 0 Å². The first-order valence-electron chi connectivity index (χ1n) is 6.08. The highest BCUT2D eigenvalue weighted by atomic mass is 32.2. The van der Waals surface area contributed by atoms with Crippen LogP contribution in [0.3, 0.4) is 0 Å². The minimum Gasteiger partial charge on any atom is -0.396 e. The summed E-state index contributed by atoms with van der Waals surface area (Å²) < 4.78 is 0. The van der Waals surface area contributed by atoms with Crippen LogP contribution in [0.15, 0.2) is 24.3 Å². The number of nitrogens with one attached hydrogen (secondary N) is 1. The molecular formula is C14H21NO2S. The predicted octanol–water partition coefficient (Wildman–Crippen LogP) is 2.30. The average Bonchev–Trinajstić information content (AvgIpc) is 2.38. The van der Waals surface area contributed by atoms with Crippen molar-refractivity contribution in [2.45, 2.75) is 25.6 Å². The third-order valence-electron chi connectivity index (χ3n) is 3.00. The predicted molar refractivity (Wildman–Crippen MR) is 76.8 cm³/mol. The van der Waals surface area contributed by atoms with Gasteiger partial charge in [-0.15, -0.1) is 0 Å². The molecule has 2 unspecified atom stereocenters. The van der Waals surface area contributed by atoms with Crippen LogP contribution in [0.25, 0.3) is 0 Å². The maximum absolute atomic E-state index is 12.0. The SMILES string of the molecule is CSCc1cccc(C(=O)NC(C)C(C)CO)c1. The molecule has 0 saturated carbocycles. The Balaban J connectivity index is 2.69. The van der Waals surface area contributed by atoms with Crippen molar-refractivity contribution in [3.8, 4) is 0 Å². The van der Waals surface area contributed by atoms with Crippen LogP contribution in [0.4, 0.5) is 0 Å². The number of amides is 1. The topological polar surface area (TPSA) is 49.3 Å². The smallest absolute Gasteiger partial charge is 0.251 e. The second-order valence-electron chi connectivity index (χ2n) is 4.56. The van der Waals surface area contributed by atoms with E-state index in [0.717, 1.165) is 11.3 Å². The fourth-order valence-corrected chi connectivity index (χ4v) is 2.07. The van der Waals surface area contributed by atoms with Crippen molar-refractivity contribution in [1.82, 2.24) is 5.32 Å². The van der Waals surface area contributed by atoms with Crippen LogP contribution in [0.1, 0.15) is 29.8 Å². The van der Waals surface area contributed by atoms with Gasteiger partial charge in [0, 0.05) is 24.0 Å². The van der Waals surface area contributed by atoms with Crippen molar-refractivity contribution in [2.24, 2.45) is 5.92 Å². The maximum atomic E-state index is 12.0. The van der Waals surface area contributed by atoms with E-state index in [9.17, 15) is 4.79 Å². The second kappa shape index (κ2) is 7.44. The standard InChI is InChI=1S/C14H21NO2S/c1-10(8-16)11(2)15-14(17)13-6-4-5-12(7-13)9-18-3/h4-7,10-11,16H,8-9H2,1-3H3,(H,15,17). The molecule has 0 fully saturated rings. The summed E-state index contributed by atoms with van der Waals surface area (Å²) in [6.07, 6.45) is 2.04. The molecule has 0 heterocycles. The Hall–Kier alpha value is -1.00. The highest BCUT2D eigenvalue weighted by Crippen LogP contribution is 2.12. The van der Waals surface area contributed by atoms with Gasteiger partial charge < -0.3 is 10.4 Å². The summed E-state index contributed by atoms with van der Waals surface area (Å²) >= 11 is 1.73. The minimum absolute atomic E-state index is 0.0355. The zero-order valence-corrected chi connectivity index (χ0v) is 12.0. The fourth-order valence-electron chi connectivity index (χ4n) is 1.56. The van der Waals surface area contributed by atoms with E-state index < -0.39 is 0 Å². The van der Waals surface area contributed by atoms with Gasteiger partial charge in [0.1, 0.15) is 0 Å². The molecular weight excluding hydrogens is 246 g/mol. The van der Waals surface area contributed by atoms with E-state index in [1.54, 1.807) is 11.8 Å². The quantitative estimate of drug-likeness (QED) is 0.831. The van der Waals surface area contributed by atoms with Crippen molar-refractivity contribution in [2.75, 3.05) is 12.9 Å². The Morgan fingerprint density at radius 2 is 2.17 bits per heavy atom. The number of carbonyl (C=O) groups is 1. The second-order valence-corrected chi connectivity index (χ2v) is 5.42. The number of aliphatic hydroxyl groups is 1. The lowest BCUT2D eigenvalue weighted by Gasteiger charge is -2.19. The van der Waals surface area contributed by atoms with Crippen LogP contribution in [0.2, 0.25) is 0 Å². The largest absolute Gasteiger partial charge is 0.396 e. The Morgan fingerprint density at radius 3 is 2.78 bits per heavy atom. The average molecular weight is 267 g/mol. The van der Waals surface area contributed by atoms with Gasteiger partial charge in [-0.1, -0.05) is 19.1 Å². The molecule has 1 aromatic carbocycles. The van der Waals surface area contributed by atoms with Gasteiger partial charge in [-0.25, -0.2) is 0 Å². The molecule has 1 rings (SSSR count). The summed E-state index contributed by atoms with van der Waals surface area (Å²) in [4.78, 5) is 12.0. The van der Waals surface area contributed by atoms with E-state index in [0.29, 0.717) is 5.56 Å². The van der Waals surface area contributed by atoms with E-state index >= 15 is 0 Å². The van der Waals surface area contributed by atoms with Crippen LogP contribution < -0.4 is 5.32 Å². The summed E-state index contributed by atoms with van der Waals surface area (Å²) in [7, 11) is 0. The van der Waals surface area contributed by atoms with Gasteiger partial charge in [0.25, 0.3) is 5.91 Å². The number of thioether (sulfide) groups is 1. The molecule has 0 spiro atoms. The third-order valence-corrected chi connectivity index (χ3v) is 3.62. The van der Waals surface area contributed by atoms with Gasteiger partial charge in [0.05, 0.1) is 0 Å². The van der Waals surface area contributed by atoms with Crippen LogP contribution in [-0.2, 0) is 5.75 Å². The van der Waals surface area contributed by atoms with Crippen molar-refractivity contribution >= 4 is 17.7 Å². The summed E-state index contributed by atoms with van der Waals surface area (Å²) in [5.41, 5.74) is 1.83. The lowest BCUT2D eigenvalue weighted by molar-refractivity contribution is 0.0916. The van der Waals surface area contributed by atoms with E-state index in [-0.39, 0.29) is 24.5 Å². The first kappa shape index (κ1) is 15.1. The van der Waals surface area contributed by atoms with Gasteiger partial charge in [-0.3, -0.25) is 4.79 Å². The lowest BCUT2D eigenvalue weighted by atomic mass is 10.0. The molecule has 0 aromatic heterocycles. The number of rotatable bonds is 6. The summed E-state index contributed by atoms with van der Waals surface area (Å²) in [6.45, 7) is 3.90. The molecule has 2 atom stereocenters. The van der Waals surface area contributed by atoms with E-state index in [1.807, 2.05) is 44.4 Å². The minimum atomic E-state index is -0.0780. The van der Waals surface area contributed by atoms with Crippen LogP contribution in [0, 0.1) is 5.92 Å². The highest BCUT2D eigenvalue weighted by Gasteiger charge is 2.15. The van der Waals surface area contributed by atoms with Crippen LogP contribution in [0.5, 0.6) is 0 Å². The highest BCUT2D eigenvalue weighted by molar-refractivity contribution is 7.97. The molecule has 1 aromatic rings. The number of aliphatic hydroxyl groups excluding tert-OH is 1. The van der Waals surface area contributed by atoms with Gasteiger partial charge >= 0.3 is 0 Å². The molecule has 0 aliphatic heterocycles. The maximum Gasteiger partial charge on any atom is 0.251 e. The van der Waals surface area contributed by atoms with Gasteiger partial charge in [-0.2, -0.15) is 11.8 Å². The molecule has 3 nitrogen and oxygen atoms in total. The Bertz CT molecular complexity index is 395. The molecule has 4 heteroatoms. The summed E-state index contributed by atoms with van der Waals surface area (Å²) in [5, 5.41) is 12.0. The molecule has 0 bridgehead atoms. The Kier molecular flexibility index (Phi) is 6.22. The normalized spacial score (nSPS) is 14.0. The molecule has 0 saturated heterocycles. The summed E-state index contributed by atoms with van der Waals surface area (Å²) in [5.74, 6) is 0.887. The number of benzene rings is 1.